The van der Waals surface area contributed by atoms with Crippen LogP contribution in [0.15, 0.2) is 35.6 Å². The molecule has 0 fully saturated rings. The largest absolute Gasteiger partial charge is 0.272 e. The van der Waals surface area contributed by atoms with Crippen molar-refractivity contribution in [3.63, 3.8) is 0 Å². The monoisotopic (exact) mass is 192 g/mol. The lowest BCUT2D eigenvalue weighted by Gasteiger charge is -2.21. The van der Waals surface area contributed by atoms with Gasteiger partial charge >= 0.3 is 0 Å². The zero-order chi connectivity index (χ0) is 10.6. The molecule has 0 unspecified atom stereocenters. The van der Waals surface area contributed by atoms with Crippen LogP contribution in [-0.2, 0) is 10.2 Å². The van der Waals surface area contributed by atoms with Crippen molar-refractivity contribution in [1.29, 1.82) is 0 Å². The van der Waals surface area contributed by atoms with Crippen molar-refractivity contribution in [3.05, 3.63) is 40.8 Å². The fourth-order valence-corrected chi connectivity index (χ4v) is 1.17. The van der Waals surface area contributed by atoms with E-state index in [1.807, 2.05) is 35.8 Å². The highest BCUT2D eigenvalue weighted by molar-refractivity contribution is 5.86. The average Bonchev–Trinajstić information content (AvgIpc) is 2.19. The molecule has 74 valence electrons. The van der Waals surface area contributed by atoms with Crippen LogP contribution in [-0.4, -0.2) is 5.91 Å². The van der Waals surface area contributed by atoms with Gasteiger partial charge in [-0.15, -0.1) is 4.91 Å². The minimum absolute atomic E-state index is 0.404. The Kier molecular flexibility index (Phi) is 2.96. The highest BCUT2D eigenvalue weighted by Gasteiger charge is 2.29. The van der Waals surface area contributed by atoms with Crippen molar-refractivity contribution in [2.45, 2.75) is 19.3 Å². The second-order valence-electron chi connectivity index (χ2n) is 3.52. The number of carbonyl (C=O) groups is 1. The van der Waals surface area contributed by atoms with Gasteiger partial charge in [0.2, 0.25) is 0 Å². The third-order valence-corrected chi connectivity index (χ3v) is 2.21. The third-order valence-electron chi connectivity index (χ3n) is 2.21. The molecule has 0 saturated heterocycles. The fourth-order valence-electron chi connectivity index (χ4n) is 1.17. The van der Waals surface area contributed by atoms with Gasteiger partial charge in [0.05, 0.1) is 10.7 Å². The first-order valence-corrected chi connectivity index (χ1v) is 4.27. The third kappa shape index (κ3) is 1.96. The Balaban J connectivity index is 2.95. The van der Waals surface area contributed by atoms with E-state index in [4.69, 9.17) is 0 Å². The van der Waals surface area contributed by atoms with Gasteiger partial charge in [-0.2, -0.15) is 0 Å². The summed E-state index contributed by atoms with van der Waals surface area (Å²) in [6.45, 7) is 3.48. The number of nitroso groups, excluding NO2 is 1. The first-order valence-electron chi connectivity index (χ1n) is 4.27. The number of amides is 1. The molecule has 1 N–H and O–H groups in total. The van der Waals surface area contributed by atoms with E-state index >= 15 is 0 Å². The van der Waals surface area contributed by atoms with E-state index in [0.29, 0.717) is 0 Å². The predicted molar refractivity (Wildman–Crippen MR) is 53.4 cm³/mol. The molecule has 4 heteroatoms. The number of rotatable bonds is 3. The first kappa shape index (κ1) is 10.4. The highest BCUT2D eigenvalue weighted by atomic mass is 16.3. The molecule has 1 aromatic rings. The number of benzene rings is 1. The standard InChI is InChI=1S/C10H12N2O2/c1-10(2,9(13)11-12-14)8-6-4-3-5-7-8/h3-7H,1-2H3,(H,11,13,14). The summed E-state index contributed by atoms with van der Waals surface area (Å²) in [5.74, 6) is -0.404. The molecule has 0 aliphatic carbocycles. The van der Waals surface area contributed by atoms with E-state index in [1.165, 1.54) is 0 Å². The second kappa shape index (κ2) is 4.00. The molecule has 0 bridgehead atoms. The SMILES string of the molecule is CC(C)(C(=O)NN=O)c1ccccc1. The summed E-state index contributed by atoms with van der Waals surface area (Å²) < 4.78 is 0. The van der Waals surface area contributed by atoms with Crippen LogP contribution in [0.25, 0.3) is 0 Å². The molecule has 1 amide bonds. The van der Waals surface area contributed by atoms with Crippen LogP contribution in [0.5, 0.6) is 0 Å². The minimum atomic E-state index is -0.741. The number of hydrogen-bond acceptors (Lipinski definition) is 3. The molecule has 0 radical (unpaired) electrons. The van der Waals surface area contributed by atoms with Crippen LogP contribution < -0.4 is 5.43 Å². The zero-order valence-electron chi connectivity index (χ0n) is 8.15. The van der Waals surface area contributed by atoms with Crippen LogP contribution in [0.1, 0.15) is 19.4 Å². The first-order chi connectivity index (χ1) is 6.59. The van der Waals surface area contributed by atoms with Gasteiger partial charge in [-0.1, -0.05) is 30.3 Å². The van der Waals surface area contributed by atoms with Gasteiger partial charge in [0.15, 0.2) is 0 Å². The molecule has 1 aromatic carbocycles. The van der Waals surface area contributed by atoms with Crippen molar-refractivity contribution < 1.29 is 4.79 Å². The zero-order valence-corrected chi connectivity index (χ0v) is 8.15. The lowest BCUT2D eigenvalue weighted by Crippen LogP contribution is -2.37. The van der Waals surface area contributed by atoms with Crippen LogP contribution >= 0.6 is 0 Å². The molecule has 0 heterocycles. The Morgan fingerprint density at radius 3 is 2.36 bits per heavy atom. The van der Waals surface area contributed by atoms with Gasteiger partial charge in [0.25, 0.3) is 5.91 Å². The van der Waals surface area contributed by atoms with Gasteiger partial charge in [-0.3, -0.25) is 4.79 Å². The summed E-state index contributed by atoms with van der Waals surface area (Å²) in [5, 5.41) is 2.38. The molecule has 0 aliphatic rings. The average molecular weight is 192 g/mol. The van der Waals surface area contributed by atoms with Crippen LogP contribution in [0, 0.1) is 4.91 Å². The molecule has 4 nitrogen and oxygen atoms in total. The summed E-state index contributed by atoms with van der Waals surface area (Å²) in [7, 11) is 0. The molecule has 1 rings (SSSR count). The van der Waals surface area contributed by atoms with Crippen molar-refractivity contribution in [2.24, 2.45) is 5.29 Å². The maximum atomic E-state index is 11.5. The molecule has 0 spiro atoms. The van der Waals surface area contributed by atoms with Gasteiger partial charge < -0.3 is 0 Å². The lowest BCUT2D eigenvalue weighted by atomic mass is 9.84. The van der Waals surface area contributed by atoms with E-state index < -0.39 is 11.3 Å². The summed E-state index contributed by atoms with van der Waals surface area (Å²) in [4.78, 5) is 21.4. The number of nitrogens with zero attached hydrogens (tertiary/aromatic N) is 1. The summed E-state index contributed by atoms with van der Waals surface area (Å²) in [6, 6.07) is 9.24. The second-order valence-corrected chi connectivity index (χ2v) is 3.52. The topological polar surface area (TPSA) is 58.5 Å². The summed E-state index contributed by atoms with van der Waals surface area (Å²) in [6.07, 6.45) is 0. The van der Waals surface area contributed by atoms with Gasteiger partial charge in [0, 0.05) is 0 Å². The quantitative estimate of drug-likeness (QED) is 0.586. The molecular formula is C10H12N2O2. The van der Waals surface area contributed by atoms with Crippen molar-refractivity contribution in [1.82, 2.24) is 5.43 Å². The molecular weight excluding hydrogens is 180 g/mol. The Bertz CT molecular complexity index is 333. The van der Waals surface area contributed by atoms with Crippen LogP contribution in [0.2, 0.25) is 0 Å². The van der Waals surface area contributed by atoms with E-state index in [9.17, 15) is 9.70 Å². The molecule has 0 aliphatic heterocycles. The van der Waals surface area contributed by atoms with Crippen molar-refractivity contribution >= 4 is 5.91 Å². The minimum Gasteiger partial charge on any atom is -0.272 e. The lowest BCUT2D eigenvalue weighted by molar-refractivity contribution is -0.125. The van der Waals surface area contributed by atoms with Crippen molar-refractivity contribution in [2.75, 3.05) is 0 Å². The maximum absolute atomic E-state index is 11.5. The summed E-state index contributed by atoms with van der Waals surface area (Å²) in [5.41, 5.74) is 2.02. The smallest absolute Gasteiger partial charge is 0.252 e. The normalized spacial score (nSPS) is 10.7. The van der Waals surface area contributed by atoms with Gasteiger partial charge in [-0.25, -0.2) is 5.43 Å². The maximum Gasteiger partial charge on any atom is 0.252 e. The molecule has 0 aromatic heterocycles. The van der Waals surface area contributed by atoms with Gasteiger partial charge in [-0.05, 0) is 19.4 Å². The number of carbonyl (C=O) groups excluding carboxylic acids is 1. The van der Waals surface area contributed by atoms with E-state index in [2.05, 4.69) is 5.29 Å². The number of hydrogen-bond donors (Lipinski definition) is 1. The molecule has 0 atom stereocenters. The highest BCUT2D eigenvalue weighted by Crippen LogP contribution is 2.22. The van der Waals surface area contributed by atoms with Crippen LogP contribution in [0.3, 0.4) is 0 Å². The Labute approximate surface area is 82.3 Å². The van der Waals surface area contributed by atoms with E-state index in [-0.39, 0.29) is 0 Å². The van der Waals surface area contributed by atoms with Gasteiger partial charge in [0.1, 0.15) is 0 Å². The van der Waals surface area contributed by atoms with E-state index in [0.717, 1.165) is 5.56 Å². The molecule has 0 saturated carbocycles. The Morgan fingerprint density at radius 1 is 1.29 bits per heavy atom. The summed E-state index contributed by atoms with van der Waals surface area (Å²) >= 11 is 0. The Hall–Kier alpha value is -1.71. The Morgan fingerprint density at radius 2 is 1.86 bits per heavy atom. The van der Waals surface area contributed by atoms with Crippen LogP contribution in [0.4, 0.5) is 0 Å². The number of nitrogens with one attached hydrogen (secondary N) is 1. The fraction of sp³-hybridized carbons (Fsp3) is 0.300. The predicted octanol–water partition coefficient (Wildman–Crippen LogP) is 1.76. The van der Waals surface area contributed by atoms with E-state index in [1.54, 1.807) is 13.8 Å². The van der Waals surface area contributed by atoms with Crippen molar-refractivity contribution in [3.8, 4) is 0 Å². The molecule has 14 heavy (non-hydrogen) atoms.